The van der Waals surface area contributed by atoms with Gasteiger partial charge in [0.15, 0.2) is 5.78 Å². The van der Waals surface area contributed by atoms with Gasteiger partial charge >= 0.3 is 0 Å². The average molecular weight is 222 g/mol. The van der Waals surface area contributed by atoms with Gasteiger partial charge < -0.3 is 0 Å². The van der Waals surface area contributed by atoms with Gasteiger partial charge in [0.25, 0.3) is 0 Å². The summed E-state index contributed by atoms with van der Waals surface area (Å²) >= 11 is 0. The smallest absolute Gasteiger partial charge is 0.170 e. The third-order valence-electron chi connectivity index (χ3n) is 3.51. The van der Waals surface area contributed by atoms with E-state index >= 15 is 0 Å². The molecule has 0 saturated carbocycles. The summed E-state index contributed by atoms with van der Waals surface area (Å²) in [6.45, 7) is 0. The summed E-state index contributed by atoms with van der Waals surface area (Å²) in [4.78, 5) is 12.4. The number of rotatable bonds is 2. The van der Waals surface area contributed by atoms with Gasteiger partial charge in [-0.3, -0.25) is 4.79 Å². The van der Waals surface area contributed by atoms with Crippen LogP contribution in [0.4, 0.5) is 0 Å². The van der Waals surface area contributed by atoms with Crippen molar-refractivity contribution in [3.63, 3.8) is 0 Å². The first-order valence-electron chi connectivity index (χ1n) is 6.03. The molecule has 0 radical (unpaired) electrons. The fourth-order valence-electron chi connectivity index (χ4n) is 2.63. The molecule has 1 unspecified atom stereocenters. The van der Waals surface area contributed by atoms with Crippen LogP contribution in [0.2, 0.25) is 0 Å². The molecule has 1 nitrogen and oxygen atoms in total. The van der Waals surface area contributed by atoms with E-state index in [0.29, 0.717) is 0 Å². The molecule has 0 bridgehead atoms. The van der Waals surface area contributed by atoms with E-state index in [9.17, 15) is 4.79 Å². The number of hydrogen-bond donors (Lipinski definition) is 0. The predicted molar refractivity (Wildman–Crippen MR) is 68.3 cm³/mol. The fraction of sp³-hybridized carbons (Fsp3) is 0.188. The first-order chi connectivity index (χ1) is 8.36. The zero-order chi connectivity index (χ0) is 11.7. The maximum absolute atomic E-state index is 12.4. The Morgan fingerprint density at radius 1 is 0.941 bits per heavy atom. The highest BCUT2D eigenvalue weighted by Crippen LogP contribution is 2.35. The standard InChI is InChI=1S/C16H14O/c17-16(13-7-2-1-3-8-13)15-11-10-12-6-4-5-9-14(12)15/h1-9,15H,10-11H2. The zero-order valence-electron chi connectivity index (χ0n) is 9.60. The van der Waals surface area contributed by atoms with Crippen LogP contribution < -0.4 is 0 Å². The number of Topliss-reactive ketones (excluding diaryl/α,β-unsaturated/α-hetero) is 1. The molecule has 2 aromatic carbocycles. The second-order valence-electron chi connectivity index (χ2n) is 4.52. The lowest BCUT2D eigenvalue weighted by atomic mass is 9.92. The Morgan fingerprint density at radius 3 is 2.47 bits per heavy atom. The molecule has 2 aromatic rings. The summed E-state index contributed by atoms with van der Waals surface area (Å²) in [6.07, 6.45) is 1.98. The molecule has 0 N–H and O–H groups in total. The first-order valence-corrected chi connectivity index (χ1v) is 6.03. The Morgan fingerprint density at radius 2 is 1.65 bits per heavy atom. The number of ketones is 1. The van der Waals surface area contributed by atoms with E-state index in [1.54, 1.807) is 0 Å². The van der Waals surface area contributed by atoms with E-state index < -0.39 is 0 Å². The second-order valence-corrected chi connectivity index (χ2v) is 4.52. The molecule has 0 aromatic heterocycles. The molecule has 0 amide bonds. The highest BCUT2D eigenvalue weighted by atomic mass is 16.1. The molecular formula is C16H14O. The van der Waals surface area contributed by atoms with E-state index in [-0.39, 0.29) is 11.7 Å². The van der Waals surface area contributed by atoms with Crippen LogP contribution in [0.3, 0.4) is 0 Å². The van der Waals surface area contributed by atoms with Crippen LogP contribution in [0.25, 0.3) is 0 Å². The van der Waals surface area contributed by atoms with Gasteiger partial charge in [0.2, 0.25) is 0 Å². The van der Waals surface area contributed by atoms with Crippen molar-refractivity contribution in [3.05, 3.63) is 71.3 Å². The lowest BCUT2D eigenvalue weighted by Gasteiger charge is -2.10. The van der Waals surface area contributed by atoms with Gasteiger partial charge in [0, 0.05) is 11.5 Å². The Bertz CT molecular complexity index is 542. The Kier molecular flexibility index (Phi) is 2.52. The van der Waals surface area contributed by atoms with E-state index in [1.807, 2.05) is 42.5 Å². The maximum atomic E-state index is 12.4. The normalized spacial score (nSPS) is 17.8. The Hall–Kier alpha value is -1.89. The van der Waals surface area contributed by atoms with Crippen molar-refractivity contribution >= 4 is 5.78 Å². The van der Waals surface area contributed by atoms with Crippen molar-refractivity contribution in [1.82, 2.24) is 0 Å². The van der Waals surface area contributed by atoms with Crippen molar-refractivity contribution in [2.24, 2.45) is 0 Å². The van der Waals surface area contributed by atoms with Gasteiger partial charge in [0.05, 0.1) is 0 Å². The third kappa shape index (κ3) is 1.78. The van der Waals surface area contributed by atoms with Crippen molar-refractivity contribution in [3.8, 4) is 0 Å². The molecule has 0 aliphatic heterocycles. The maximum Gasteiger partial charge on any atom is 0.170 e. The zero-order valence-corrected chi connectivity index (χ0v) is 9.60. The molecule has 0 fully saturated rings. The van der Waals surface area contributed by atoms with Crippen LogP contribution in [0.1, 0.15) is 33.8 Å². The van der Waals surface area contributed by atoms with Gasteiger partial charge in [-0.15, -0.1) is 0 Å². The first kappa shape index (κ1) is 10.3. The largest absolute Gasteiger partial charge is 0.293 e. The molecule has 0 heterocycles. The summed E-state index contributed by atoms with van der Waals surface area (Å²) in [7, 11) is 0. The van der Waals surface area contributed by atoms with E-state index in [1.165, 1.54) is 11.1 Å². The van der Waals surface area contributed by atoms with Crippen molar-refractivity contribution in [2.75, 3.05) is 0 Å². The van der Waals surface area contributed by atoms with Crippen molar-refractivity contribution < 1.29 is 4.79 Å². The number of aryl methyl sites for hydroxylation is 1. The van der Waals surface area contributed by atoms with Gasteiger partial charge in [0.1, 0.15) is 0 Å². The van der Waals surface area contributed by atoms with Crippen LogP contribution in [0, 0.1) is 0 Å². The topological polar surface area (TPSA) is 17.1 Å². The summed E-state index contributed by atoms with van der Waals surface area (Å²) < 4.78 is 0. The van der Waals surface area contributed by atoms with Crippen LogP contribution >= 0.6 is 0 Å². The fourth-order valence-corrected chi connectivity index (χ4v) is 2.63. The number of hydrogen-bond acceptors (Lipinski definition) is 1. The minimum absolute atomic E-state index is 0.0635. The van der Waals surface area contributed by atoms with E-state index in [0.717, 1.165) is 18.4 Å². The summed E-state index contributed by atoms with van der Waals surface area (Å²) in [5.41, 5.74) is 3.39. The van der Waals surface area contributed by atoms with Gasteiger partial charge in [-0.05, 0) is 24.0 Å². The van der Waals surface area contributed by atoms with Crippen LogP contribution in [-0.2, 0) is 6.42 Å². The molecule has 0 saturated heterocycles. The van der Waals surface area contributed by atoms with Gasteiger partial charge in [-0.2, -0.15) is 0 Å². The van der Waals surface area contributed by atoms with E-state index in [2.05, 4.69) is 12.1 Å². The molecule has 17 heavy (non-hydrogen) atoms. The number of benzene rings is 2. The van der Waals surface area contributed by atoms with Crippen molar-refractivity contribution in [2.45, 2.75) is 18.8 Å². The molecule has 0 spiro atoms. The molecule has 1 aliphatic rings. The highest BCUT2D eigenvalue weighted by molar-refractivity contribution is 6.01. The van der Waals surface area contributed by atoms with Crippen LogP contribution in [-0.4, -0.2) is 5.78 Å². The summed E-state index contributed by atoms with van der Waals surface area (Å²) in [5, 5.41) is 0. The highest BCUT2D eigenvalue weighted by Gasteiger charge is 2.28. The summed E-state index contributed by atoms with van der Waals surface area (Å²) in [6, 6.07) is 17.9. The quantitative estimate of drug-likeness (QED) is 0.709. The SMILES string of the molecule is O=C(c1ccccc1)C1CCc2ccccc21. The molecule has 1 atom stereocenters. The third-order valence-corrected chi connectivity index (χ3v) is 3.51. The predicted octanol–water partition coefficient (Wildman–Crippen LogP) is 3.60. The number of fused-ring (bicyclic) bond motifs is 1. The molecular weight excluding hydrogens is 208 g/mol. The molecule has 3 rings (SSSR count). The lowest BCUT2D eigenvalue weighted by molar-refractivity contribution is 0.0959. The van der Waals surface area contributed by atoms with E-state index in [4.69, 9.17) is 0 Å². The van der Waals surface area contributed by atoms with Crippen LogP contribution in [0.5, 0.6) is 0 Å². The van der Waals surface area contributed by atoms with Crippen molar-refractivity contribution in [1.29, 1.82) is 0 Å². The van der Waals surface area contributed by atoms with Gasteiger partial charge in [-0.1, -0.05) is 54.6 Å². The Labute approximate surface area is 101 Å². The molecule has 1 aliphatic carbocycles. The lowest BCUT2D eigenvalue weighted by Crippen LogP contribution is -2.09. The molecule has 84 valence electrons. The average Bonchev–Trinajstić information content (AvgIpc) is 2.83. The minimum atomic E-state index is 0.0635. The Balaban J connectivity index is 1.95. The monoisotopic (exact) mass is 222 g/mol. The van der Waals surface area contributed by atoms with Gasteiger partial charge in [-0.25, -0.2) is 0 Å². The van der Waals surface area contributed by atoms with Crippen LogP contribution in [0.15, 0.2) is 54.6 Å². The minimum Gasteiger partial charge on any atom is -0.293 e. The number of carbonyl (C=O) groups excluding carboxylic acids is 1. The molecule has 1 heteroatoms. The number of carbonyl (C=O) groups is 1. The summed E-state index contributed by atoms with van der Waals surface area (Å²) in [5.74, 6) is 0.323. The second kappa shape index (κ2) is 4.17.